The Morgan fingerprint density at radius 1 is 1.47 bits per heavy atom. The first-order chi connectivity index (χ1) is 9.00. The first-order valence-corrected chi connectivity index (χ1v) is 7.36. The molecule has 5 heteroatoms. The number of nitrogens with one attached hydrogen (secondary N) is 2. The fraction of sp³-hybridized carbons (Fsp3) is 0.500. The van der Waals surface area contributed by atoms with Crippen LogP contribution in [-0.2, 0) is 10.3 Å². The predicted octanol–water partition coefficient (Wildman–Crippen LogP) is 1.49. The van der Waals surface area contributed by atoms with E-state index >= 15 is 0 Å². The molecule has 0 saturated carbocycles. The summed E-state index contributed by atoms with van der Waals surface area (Å²) in [5.74, 6) is -0.122. The third-order valence-electron chi connectivity index (χ3n) is 3.55. The van der Waals surface area contributed by atoms with Crippen LogP contribution in [-0.4, -0.2) is 25.0 Å². The van der Waals surface area contributed by atoms with Crippen LogP contribution in [0.5, 0.6) is 0 Å². The lowest BCUT2D eigenvalue weighted by molar-refractivity contribution is -0.126. The Kier molecular flexibility index (Phi) is 4.60. The highest BCUT2D eigenvalue weighted by molar-refractivity contribution is 9.10. The van der Waals surface area contributed by atoms with Gasteiger partial charge in [-0.1, -0.05) is 28.1 Å². The molecule has 1 aromatic rings. The number of carbonyl (C=O) groups excluding carboxylic acids is 1. The molecule has 19 heavy (non-hydrogen) atoms. The van der Waals surface area contributed by atoms with Crippen molar-refractivity contribution in [3.8, 4) is 0 Å². The van der Waals surface area contributed by atoms with E-state index in [2.05, 4.69) is 26.6 Å². The SMILES string of the molecule is CC(N)(C(=O)N[C@H]1CCCNC1)c1ccc(Br)cc1. The Bertz CT molecular complexity index is 439. The first kappa shape index (κ1) is 14.5. The van der Waals surface area contributed by atoms with Gasteiger partial charge < -0.3 is 16.4 Å². The lowest BCUT2D eigenvalue weighted by atomic mass is 9.91. The Morgan fingerprint density at radius 3 is 2.74 bits per heavy atom. The number of amides is 1. The van der Waals surface area contributed by atoms with Crippen molar-refractivity contribution in [3.63, 3.8) is 0 Å². The summed E-state index contributed by atoms with van der Waals surface area (Å²) >= 11 is 3.38. The molecular formula is C14H20BrN3O. The fourth-order valence-electron chi connectivity index (χ4n) is 2.24. The number of carbonyl (C=O) groups is 1. The van der Waals surface area contributed by atoms with Gasteiger partial charge in [0, 0.05) is 17.1 Å². The summed E-state index contributed by atoms with van der Waals surface area (Å²) in [6.07, 6.45) is 2.10. The number of hydrogen-bond acceptors (Lipinski definition) is 3. The minimum atomic E-state index is -1.00. The van der Waals surface area contributed by atoms with Crippen LogP contribution in [0.3, 0.4) is 0 Å². The van der Waals surface area contributed by atoms with Crippen LogP contribution >= 0.6 is 15.9 Å². The molecule has 1 heterocycles. The standard InChI is InChI=1S/C14H20BrN3O/c1-14(16,10-4-6-11(15)7-5-10)13(19)18-12-3-2-8-17-9-12/h4-7,12,17H,2-3,8-9,16H2,1H3,(H,18,19)/t12-,14?/m0/s1. The van der Waals surface area contributed by atoms with Crippen molar-refractivity contribution in [3.05, 3.63) is 34.3 Å². The molecule has 1 aliphatic rings. The van der Waals surface area contributed by atoms with Crippen molar-refractivity contribution in [1.82, 2.24) is 10.6 Å². The van der Waals surface area contributed by atoms with Gasteiger partial charge in [0.15, 0.2) is 0 Å². The Balaban J connectivity index is 2.05. The monoisotopic (exact) mass is 325 g/mol. The predicted molar refractivity (Wildman–Crippen MR) is 79.7 cm³/mol. The van der Waals surface area contributed by atoms with Gasteiger partial charge in [0.05, 0.1) is 0 Å². The van der Waals surface area contributed by atoms with Crippen LogP contribution in [0.1, 0.15) is 25.3 Å². The molecule has 1 fully saturated rings. The number of benzene rings is 1. The normalized spacial score (nSPS) is 22.6. The van der Waals surface area contributed by atoms with Crippen molar-refractivity contribution >= 4 is 21.8 Å². The molecule has 1 aliphatic heterocycles. The third kappa shape index (κ3) is 3.55. The molecule has 0 bridgehead atoms. The number of rotatable bonds is 3. The van der Waals surface area contributed by atoms with E-state index in [4.69, 9.17) is 5.73 Å². The van der Waals surface area contributed by atoms with Gasteiger partial charge in [-0.15, -0.1) is 0 Å². The summed E-state index contributed by atoms with van der Waals surface area (Å²) in [6, 6.07) is 7.73. The maximum Gasteiger partial charge on any atom is 0.244 e. The zero-order valence-corrected chi connectivity index (χ0v) is 12.7. The number of piperidine rings is 1. The number of nitrogens with two attached hydrogens (primary N) is 1. The summed E-state index contributed by atoms with van der Waals surface area (Å²) in [6.45, 7) is 3.60. The van der Waals surface area contributed by atoms with E-state index in [1.54, 1.807) is 6.92 Å². The molecule has 1 saturated heterocycles. The van der Waals surface area contributed by atoms with Gasteiger partial charge >= 0.3 is 0 Å². The maximum absolute atomic E-state index is 12.3. The number of halogens is 1. The van der Waals surface area contributed by atoms with Crippen molar-refractivity contribution in [2.24, 2.45) is 5.73 Å². The highest BCUT2D eigenvalue weighted by Crippen LogP contribution is 2.21. The van der Waals surface area contributed by atoms with Gasteiger partial charge in [-0.25, -0.2) is 0 Å². The van der Waals surface area contributed by atoms with Gasteiger partial charge in [0.25, 0.3) is 0 Å². The van der Waals surface area contributed by atoms with Crippen molar-refractivity contribution in [2.45, 2.75) is 31.3 Å². The van der Waals surface area contributed by atoms with Gasteiger partial charge in [-0.05, 0) is 44.0 Å². The lowest BCUT2D eigenvalue weighted by Crippen LogP contribution is -2.55. The lowest BCUT2D eigenvalue weighted by Gasteiger charge is -2.30. The van der Waals surface area contributed by atoms with E-state index in [-0.39, 0.29) is 11.9 Å². The molecule has 0 spiro atoms. The third-order valence-corrected chi connectivity index (χ3v) is 4.08. The average Bonchev–Trinajstić information content (AvgIpc) is 2.40. The molecule has 0 radical (unpaired) electrons. The zero-order chi connectivity index (χ0) is 13.9. The van der Waals surface area contributed by atoms with Gasteiger partial charge in [-0.2, -0.15) is 0 Å². The van der Waals surface area contributed by atoms with Crippen LogP contribution in [0.4, 0.5) is 0 Å². The smallest absolute Gasteiger partial charge is 0.244 e. The highest BCUT2D eigenvalue weighted by atomic mass is 79.9. The van der Waals surface area contributed by atoms with Crippen molar-refractivity contribution in [2.75, 3.05) is 13.1 Å². The van der Waals surface area contributed by atoms with Crippen molar-refractivity contribution in [1.29, 1.82) is 0 Å². The quantitative estimate of drug-likeness (QED) is 0.788. The van der Waals surface area contributed by atoms with E-state index in [1.165, 1.54) is 0 Å². The second kappa shape index (κ2) is 6.03. The molecule has 0 aliphatic carbocycles. The molecule has 1 amide bonds. The minimum absolute atomic E-state index is 0.122. The first-order valence-electron chi connectivity index (χ1n) is 6.57. The Morgan fingerprint density at radius 2 is 2.16 bits per heavy atom. The fourth-order valence-corrected chi connectivity index (χ4v) is 2.50. The molecule has 0 aromatic heterocycles. The van der Waals surface area contributed by atoms with E-state index in [0.29, 0.717) is 0 Å². The second-order valence-corrected chi connectivity index (χ2v) is 6.14. The summed E-state index contributed by atoms with van der Waals surface area (Å²) in [5.41, 5.74) is 6.02. The van der Waals surface area contributed by atoms with E-state index in [1.807, 2.05) is 24.3 Å². The topological polar surface area (TPSA) is 67.2 Å². The average molecular weight is 326 g/mol. The largest absolute Gasteiger partial charge is 0.350 e. The molecular weight excluding hydrogens is 306 g/mol. The Labute approximate surface area is 122 Å². The summed E-state index contributed by atoms with van der Waals surface area (Å²) < 4.78 is 0.976. The molecule has 4 N–H and O–H groups in total. The van der Waals surface area contributed by atoms with E-state index in [0.717, 1.165) is 36.0 Å². The summed E-state index contributed by atoms with van der Waals surface area (Å²) in [7, 11) is 0. The van der Waals surface area contributed by atoms with E-state index in [9.17, 15) is 4.79 Å². The summed E-state index contributed by atoms with van der Waals surface area (Å²) in [4.78, 5) is 12.3. The number of hydrogen-bond donors (Lipinski definition) is 3. The maximum atomic E-state index is 12.3. The zero-order valence-electron chi connectivity index (χ0n) is 11.1. The molecule has 1 aromatic carbocycles. The highest BCUT2D eigenvalue weighted by Gasteiger charge is 2.32. The minimum Gasteiger partial charge on any atom is -0.350 e. The molecule has 2 rings (SSSR count). The molecule has 2 atom stereocenters. The molecule has 4 nitrogen and oxygen atoms in total. The van der Waals surface area contributed by atoms with Crippen LogP contribution < -0.4 is 16.4 Å². The van der Waals surface area contributed by atoms with Gasteiger partial charge in [0.1, 0.15) is 5.54 Å². The van der Waals surface area contributed by atoms with Crippen LogP contribution in [0, 0.1) is 0 Å². The van der Waals surface area contributed by atoms with Crippen molar-refractivity contribution < 1.29 is 4.79 Å². The summed E-state index contributed by atoms with van der Waals surface area (Å²) in [5, 5.41) is 6.31. The van der Waals surface area contributed by atoms with Crippen LogP contribution in [0.2, 0.25) is 0 Å². The van der Waals surface area contributed by atoms with E-state index < -0.39 is 5.54 Å². The van der Waals surface area contributed by atoms with Crippen LogP contribution in [0.15, 0.2) is 28.7 Å². The van der Waals surface area contributed by atoms with Gasteiger partial charge in [-0.3, -0.25) is 4.79 Å². The van der Waals surface area contributed by atoms with Gasteiger partial charge in [0.2, 0.25) is 5.91 Å². The molecule has 104 valence electrons. The Hall–Kier alpha value is -0.910. The molecule has 1 unspecified atom stereocenters. The second-order valence-electron chi connectivity index (χ2n) is 5.23. The van der Waals surface area contributed by atoms with Crippen LogP contribution in [0.25, 0.3) is 0 Å².